The van der Waals surface area contributed by atoms with Crippen molar-refractivity contribution in [3.63, 3.8) is 0 Å². The lowest BCUT2D eigenvalue weighted by Crippen LogP contribution is -2.08. The van der Waals surface area contributed by atoms with Crippen molar-refractivity contribution in [2.45, 2.75) is 0 Å². The van der Waals surface area contributed by atoms with Crippen LogP contribution >= 0.6 is 11.6 Å². The Morgan fingerprint density at radius 1 is 1.20 bits per heavy atom. The minimum atomic E-state index is 0.444. The van der Waals surface area contributed by atoms with Gasteiger partial charge in [-0.1, -0.05) is 24.8 Å². The van der Waals surface area contributed by atoms with Gasteiger partial charge in [0.05, 0.1) is 13.2 Å². The molecule has 1 rings (SSSR count). The lowest BCUT2D eigenvalue weighted by molar-refractivity contribution is 0.117. The summed E-state index contributed by atoms with van der Waals surface area (Å²) in [6.07, 6.45) is 0. The molecule has 0 aliphatic rings. The average molecular weight is 227 g/mol. The zero-order valence-corrected chi connectivity index (χ0v) is 9.37. The molecule has 0 radical (unpaired) electrons. The van der Waals surface area contributed by atoms with E-state index in [9.17, 15) is 0 Å². The molecule has 2 nitrogen and oxygen atoms in total. The van der Waals surface area contributed by atoms with Gasteiger partial charge in [0, 0.05) is 5.88 Å². The lowest BCUT2D eigenvalue weighted by atomic mass is 10.3. The predicted octanol–water partition coefficient (Wildman–Crippen LogP) is 2.88. The monoisotopic (exact) mass is 226 g/mol. The van der Waals surface area contributed by atoms with Crippen LogP contribution in [0.5, 0.6) is 5.75 Å². The van der Waals surface area contributed by atoms with Crippen LogP contribution in [-0.2, 0) is 4.74 Å². The zero-order chi connectivity index (χ0) is 10.9. The summed E-state index contributed by atoms with van der Waals surface area (Å²) in [5, 5.41) is 0. The Hall–Kier alpha value is -0.990. The van der Waals surface area contributed by atoms with Gasteiger partial charge in [0.25, 0.3) is 0 Å². The fraction of sp³-hybridized carbons (Fsp3) is 0.333. The second-order valence-electron chi connectivity index (χ2n) is 3.10. The summed E-state index contributed by atoms with van der Waals surface area (Å²) < 4.78 is 10.7. The Morgan fingerprint density at radius 3 is 2.60 bits per heavy atom. The number of hydrogen-bond acceptors (Lipinski definition) is 2. The van der Waals surface area contributed by atoms with Gasteiger partial charge in [0.15, 0.2) is 0 Å². The molecular weight excluding hydrogens is 212 g/mol. The Kier molecular flexibility index (Phi) is 5.90. The average Bonchev–Trinajstić information content (AvgIpc) is 2.29. The quantitative estimate of drug-likeness (QED) is 0.404. The van der Waals surface area contributed by atoms with Gasteiger partial charge in [0.2, 0.25) is 0 Å². The van der Waals surface area contributed by atoms with Crippen LogP contribution in [0.15, 0.2) is 42.5 Å². The molecule has 0 aromatic heterocycles. The highest BCUT2D eigenvalue weighted by molar-refractivity contribution is 6.19. The second-order valence-corrected chi connectivity index (χ2v) is 3.36. The van der Waals surface area contributed by atoms with E-state index in [2.05, 4.69) is 6.58 Å². The fourth-order valence-corrected chi connectivity index (χ4v) is 1.07. The maximum atomic E-state index is 5.55. The molecule has 0 heterocycles. The first-order valence-corrected chi connectivity index (χ1v) is 5.34. The van der Waals surface area contributed by atoms with Gasteiger partial charge in [-0.05, 0) is 17.7 Å². The molecule has 0 spiro atoms. The molecule has 0 N–H and O–H groups in total. The predicted molar refractivity (Wildman–Crippen MR) is 62.6 cm³/mol. The number of benzene rings is 1. The van der Waals surface area contributed by atoms with Crippen molar-refractivity contribution in [1.29, 1.82) is 0 Å². The van der Waals surface area contributed by atoms with Crippen LogP contribution in [-0.4, -0.2) is 25.7 Å². The second kappa shape index (κ2) is 7.32. The molecule has 0 aliphatic carbocycles. The molecule has 3 heteroatoms. The zero-order valence-electron chi connectivity index (χ0n) is 8.62. The van der Waals surface area contributed by atoms with E-state index in [1.165, 1.54) is 0 Å². The van der Waals surface area contributed by atoms with E-state index in [-0.39, 0.29) is 0 Å². The maximum Gasteiger partial charge on any atom is 0.119 e. The summed E-state index contributed by atoms with van der Waals surface area (Å²) in [7, 11) is 0. The summed E-state index contributed by atoms with van der Waals surface area (Å²) >= 11 is 5.55. The number of ether oxygens (including phenoxy) is 2. The van der Waals surface area contributed by atoms with E-state index in [0.29, 0.717) is 25.7 Å². The molecular formula is C12H15ClO2. The van der Waals surface area contributed by atoms with Crippen molar-refractivity contribution in [3.05, 3.63) is 42.5 Å². The van der Waals surface area contributed by atoms with Crippen LogP contribution in [0.1, 0.15) is 0 Å². The summed E-state index contributed by atoms with van der Waals surface area (Å²) in [5.41, 5.74) is 0.886. The molecule has 0 atom stereocenters. The molecule has 0 saturated heterocycles. The summed E-state index contributed by atoms with van der Waals surface area (Å²) in [6, 6.07) is 9.65. The Morgan fingerprint density at radius 2 is 1.93 bits per heavy atom. The Labute approximate surface area is 95.5 Å². The van der Waals surface area contributed by atoms with Gasteiger partial charge in [0.1, 0.15) is 12.4 Å². The largest absolute Gasteiger partial charge is 0.491 e. The van der Waals surface area contributed by atoms with Crippen molar-refractivity contribution < 1.29 is 9.47 Å². The SMILES string of the molecule is C=C(CCl)COCCOc1ccccc1. The van der Waals surface area contributed by atoms with Crippen molar-refractivity contribution in [1.82, 2.24) is 0 Å². The van der Waals surface area contributed by atoms with Gasteiger partial charge >= 0.3 is 0 Å². The first-order valence-electron chi connectivity index (χ1n) is 4.81. The standard InChI is InChI=1S/C12H15ClO2/c1-11(9-13)10-14-7-8-15-12-5-3-2-4-6-12/h2-6H,1,7-10H2. The molecule has 0 bridgehead atoms. The van der Waals surface area contributed by atoms with Crippen molar-refractivity contribution in [2.75, 3.05) is 25.7 Å². The molecule has 0 amide bonds. The molecule has 1 aromatic carbocycles. The number of hydrogen-bond donors (Lipinski definition) is 0. The number of para-hydroxylation sites is 1. The van der Waals surface area contributed by atoms with Crippen LogP contribution in [0, 0.1) is 0 Å². The van der Waals surface area contributed by atoms with Crippen LogP contribution in [0.25, 0.3) is 0 Å². The van der Waals surface area contributed by atoms with Crippen molar-refractivity contribution in [3.8, 4) is 5.75 Å². The molecule has 0 fully saturated rings. The first-order chi connectivity index (χ1) is 7.33. The fourth-order valence-electron chi connectivity index (χ4n) is 0.990. The van der Waals surface area contributed by atoms with Gasteiger partial charge in [-0.2, -0.15) is 0 Å². The van der Waals surface area contributed by atoms with Crippen molar-refractivity contribution >= 4 is 11.6 Å². The topological polar surface area (TPSA) is 18.5 Å². The maximum absolute atomic E-state index is 5.55. The number of halogens is 1. The smallest absolute Gasteiger partial charge is 0.119 e. The van der Waals surface area contributed by atoms with Gasteiger partial charge in [-0.3, -0.25) is 0 Å². The third-order valence-electron chi connectivity index (χ3n) is 1.73. The minimum absolute atomic E-state index is 0.444. The first kappa shape index (κ1) is 12.1. The summed E-state index contributed by atoms with van der Waals surface area (Å²) in [6.45, 7) is 5.32. The van der Waals surface area contributed by atoms with Crippen LogP contribution in [0.2, 0.25) is 0 Å². The van der Waals surface area contributed by atoms with E-state index in [1.807, 2.05) is 30.3 Å². The van der Waals surface area contributed by atoms with E-state index < -0.39 is 0 Å². The highest BCUT2D eigenvalue weighted by atomic mass is 35.5. The molecule has 0 saturated carbocycles. The van der Waals surface area contributed by atoms with E-state index in [0.717, 1.165) is 11.3 Å². The van der Waals surface area contributed by atoms with Crippen LogP contribution < -0.4 is 4.74 Å². The van der Waals surface area contributed by atoms with Gasteiger partial charge in [-0.15, -0.1) is 11.6 Å². The van der Waals surface area contributed by atoms with Crippen molar-refractivity contribution in [2.24, 2.45) is 0 Å². The highest BCUT2D eigenvalue weighted by Crippen LogP contribution is 2.07. The molecule has 0 unspecified atom stereocenters. The molecule has 1 aromatic rings. The summed E-state index contributed by atoms with van der Waals surface area (Å²) in [5.74, 6) is 1.30. The van der Waals surface area contributed by atoms with Crippen LogP contribution in [0.4, 0.5) is 0 Å². The number of rotatable bonds is 7. The Balaban J connectivity index is 2.05. The van der Waals surface area contributed by atoms with Gasteiger partial charge in [-0.25, -0.2) is 0 Å². The van der Waals surface area contributed by atoms with Crippen LogP contribution in [0.3, 0.4) is 0 Å². The van der Waals surface area contributed by atoms with Gasteiger partial charge < -0.3 is 9.47 Å². The van der Waals surface area contributed by atoms with E-state index >= 15 is 0 Å². The highest BCUT2D eigenvalue weighted by Gasteiger charge is 1.94. The Bertz CT molecular complexity index is 285. The minimum Gasteiger partial charge on any atom is -0.491 e. The van der Waals surface area contributed by atoms with E-state index in [4.69, 9.17) is 21.1 Å². The lowest BCUT2D eigenvalue weighted by Gasteiger charge is -2.07. The molecule has 15 heavy (non-hydrogen) atoms. The third-order valence-corrected chi connectivity index (χ3v) is 2.11. The molecule has 0 aliphatic heterocycles. The normalized spacial score (nSPS) is 9.93. The summed E-state index contributed by atoms with van der Waals surface area (Å²) in [4.78, 5) is 0. The van der Waals surface area contributed by atoms with E-state index in [1.54, 1.807) is 0 Å². The molecule has 82 valence electrons. The third kappa shape index (κ3) is 5.45. The number of alkyl halides is 1.